The molecule has 17 heavy (non-hydrogen) atoms. The first kappa shape index (κ1) is 14.0. The van der Waals surface area contributed by atoms with E-state index in [2.05, 4.69) is 26.8 Å². The maximum Gasteiger partial charge on any atom is 0.122 e. The van der Waals surface area contributed by atoms with Gasteiger partial charge in [-0.1, -0.05) is 20.8 Å². The molecule has 1 rings (SSSR count). The third-order valence-corrected chi connectivity index (χ3v) is 3.01. The predicted molar refractivity (Wildman–Crippen MR) is 71.7 cm³/mol. The highest BCUT2D eigenvalue weighted by atomic mass is 16.5. The summed E-state index contributed by atoms with van der Waals surface area (Å²) < 4.78 is 5.44. The lowest BCUT2D eigenvalue weighted by atomic mass is 9.82. The second-order valence-corrected chi connectivity index (χ2v) is 6.18. The van der Waals surface area contributed by atoms with Gasteiger partial charge >= 0.3 is 0 Å². The lowest BCUT2D eigenvalue weighted by Gasteiger charge is -2.27. The van der Waals surface area contributed by atoms with E-state index in [9.17, 15) is 5.11 Å². The van der Waals surface area contributed by atoms with Gasteiger partial charge in [0.05, 0.1) is 12.7 Å². The molecule has 0 aliphatic rings. The Morgan fingerprint density at radius 1 is 1.00 bits per heavy atom. The SMILES string of the molecule is COc1cc(C)c(C(C)(C)O)cc1C(C)(C)C. The fraction of sp³-hybridized carbons (Fsp3) is 0.600. The van der Waals surface area contributed by atoms with Crippen LogP contribution in [-0.2, 0) is 11.0 Å². The van der Waals surface area contributed by atoms with Gasteiger partial charge in [-0.05, 0) is 55.0 Å². The zero-order valence-corrected chi connectivity index (χ0v) is 12.0. The van der Waals surface area contributed by atoms with Crippen LogP contribution < -0.4 is 4.74 Å². The van der Waals surface area contributed by atoms with Gasteiger partial charge in [-0.15, -0.1) is 0 Å². The minimum Gasteiger partial charge on any atom is -0.496 e. The number of hydrogen-bond acceptors (Lipinski definition) is 2. The van der Waals surface area contributed by atoms with E-state index in [-0.39, 0.29) is 5.41 Å². The largest absolute Gasteiger partial charge is 0.496 e. The number of hydrogen-bond donors (Lipinski definition) is 1. The number of methoxy groups -OCH3 is 1. The van der Waals surface area contributed by atoms with Crippen molar-refractivity contribution < 1.29 is 9.84 Å². The van der Waals surface area contributed by atoms with E-state index in [0.29, 0.717) is 0 Å². The minimum atomic E-state index is -0.823. The van der Waals surface area contributed by atoms with Gasteiger partial charge in [0.1, 0.15) is 5.75 Å². The quantitative estimate of drug-likeness (QED) is 0.851. The van der Waals surface area contributed by atoms with Gasteiger partial charge < -0.3 is 9.84 Å². The Hall–Kier alpha value is -1.02. The summed E-state index contributed by atoms with van der Waals surface area (Å²) in [6.45, 7) is 12.1. The standard InChI is InChI=1S/C15H24O2/c1-10-8-13(17-7)12(14(2,3)4)9-11(10)15(5,6)16/h8-9,16H,1-7H3. The molecule has 0 atom stereocenters. The second-order valence-electron chi connectivity index (χ2n) is 6.18. The monoisotopic (exact) mass is 236 g/mol. The van der Waals surface area contributed by atoms with E-state index in [1.54, 1.807) is 7.11 Å². The molecule has 1 aromatic carbocycles. The molecule has 2 heteroatoms. The van der Waals surface area contributed by atoms with Crippen LogP contribution in [0.15, 0.2) is 12.1 Å². The van der Waals surface area contributed by atoms with Crippen molar-refractivity contribution >= 4 is 0 Å². The molecule has 0 unspecified atom stereocenters. The maximum atomic E-state index is 10.2. The van der Waals surface area contributed by atoms with Gasteiger partial charge in [0.2, 0.25) is 0 Å². The number of ether oxygens (including phenoxy) is 1. The number of rotatable bonds is 2. The first-order chi connectivity index (χ1) is 7.57. The van der Waals surface area contributed by atoms with E-state index in [1.807, 2.05) is 26.8 Å². The molecular weight excluding hydrogens is 212 g/mol. The number of aliphatic hydroxyl groups is 1. The smallest absolute Gasteiger partial charge is 0.122 e. The Bertz CT molecular complexity index is 406. The van der Waals surface area contributed by atoms with Crippen LogP contribution >= 0.6 is 0 Å². The van der Waals surface area contributed by atoms with Crippen LogP contribution in [0.2, 0.25) is 0 Å². The van der Waals surface area contributed by atoms with Crippen LogP contribution in [0, 0.1) is 6.92 Å². The summed E-state index contributed by atoms with van der Waals surface area (Å²) >= 11 is 0. The highest BCUT2D eigenvalue weighted by Crippen LogP contribution is 2.36. The summed E-state index contributed by atoms with van der Waals surface area (Å²) in [5, 5.41) is 10.2. The van der Waals surface area contributed by atoms with Crippen molar-refractivity contribution in [3.63, 3.8) is 0 Å². The molecule has 0 radical (unpaired) electrons. The molecule has 1 aromatic rings. The van der Waals surface area contributed by atoms with E-state index in [1.165, 1.54) is 0 Å². The molecule has 0 aliphatic heterocycles. The Morgan fingerprint density at radius 3 is 1.88 bits per heavy atom. The Kier molecular flexibility index (Phi) is 3.58. The highest BCUT2D eigenvalue weighted by Gasteiger charge is 2.25. The third-order valence-electron chi connectivity index (χ3n) is 3.01. The highest BCUT2D eigenvalue weighted by molar-refractivity contribution is 5.47. The molecule has 0 bridgehead atoms. The summed E-state index contributed by atoms with van der Waals surface area (Å²) in [6, 6.07) is 4.07. The van der Waals surface area contributed by atoms with Crippen LogP contribution in [0.1, 0.15) is 51.3 Å². The van der Waals surface area contributed by atoms with Crippen molar-refractivity contribution in [1.29, 1.82) is 0 Å². The summed E-state index contributed by atoms with van der Waals surface area (Å²) in [5.74, 6) is 0.892. The normalized spacial score (nSPS) is 12.7. The van der Waals surface area contributed by atoms with Gasteiger partial charge in [-0.3, -0.25) is 0 Å². The van der Waals surface area contributed by atoms with Gasteiger partial charge in [0.25, 0.3) is 0 Å². The number of aryl methyl sites for hydroxylation is 1. The minimum absolute atomic E-state index is 0.000949. The van der Waals surface area contributed by atoms with Gasteiger partial charge in [-0.25, -0.2) is 0 Å². The van der Waals surface area contributed by atoms with Crippen molar-refractivity contribution in [2.24, 2.45) is 0 Å². The van der Waals surface area contributed by atoms with Crippen molar-refractivity contribution in [3.8, 4) is 5.75 Å². The molecule has 0 heterocycles. The van der Waals surface area contributed by atoms with Crippen molar-refractivity contribution in [2.45, 2.75) is 52.6 Å². The first-order valence-corrected chi connectivity index (χ1v) is 5.99. The predicted octanol–water partition coefficient (Wildman–Crippen LogP) is 3.53. The molecule has 0 spiro atoms. The molecule has 0 aromatic heterocycles. The lowest BCUT2D eigenvalue weighted by molar-refractivity contribution is 0.0777. The van der Waals surface area contributed by atoms with E-state index in [4.69, 9.17) is 4.74 Å². The first-order valence-electron chi connectivity index (χ1n) is 5.99. The summed E-state index contributed by atoms with van der Waals surface area (Å²) in [5.41, 5.74) is 2.32. The Morgan fingerprint density at radius 2 is 1.53 bits per heavy atom. The third kappa shape index (κ3) is 3.01. The summed E-state index contributed by atoms with van der Waals surface area (Å²) in [6.07, 6.45) is 0. The number of benzene rings is 1. The average molecular weight is 236 g/mol. The van der Waals surface area contributed by atoms with Crippen molar-refractivity contribution in [1.82, 2.24) is 0 Å². The maximum absolute atomic E-state index is 10.2. The Balaban J connectivity index is 3.49. The van der Waals surface area contributed by atoms with Gasteiger partial charge in [0, 0.05) is 0 Å². The van der Waals surface area contributed by atoms with Crippen LogP contribution in [0.5, 0.6) is 5.75 Å². The topological polar surface area (TPSA) is 29.5 Å². The van der Waals surface area contributed by atoms with Crippen LogP contribution in [0.3, 0.4) is 0 Å². The van der Waals surface area contributed by atoms with Gasteiger partial charge in [0.15, 0.2) is 0 Å². The van der Waals surface area contributed by atoms with Crippen LogP contribution in [-0.4, -0.2) is 12.2 Å². The second kappa shape index (κ2) is 4.34. The van der Waals surface area contributed by atoms with Crippen LogP contribution in [0.4, 0.5) is 0 Å². The summed E-state index contributed by atoms with van der Waals surface area (Å²) in [4.78, 5) is 0. The molecule has 1 N–H and O–H groups in total. The van der Waals surface area contributed by atoms with Crippen LogP contribution in [0.25, 0.3) is 0 Å². The van der Waals surface area contributed by atoms with Gasteiger partial charge in [-0.2, -0.15) is 0 Å². The zero-order chi connectivity index (χ0) is 13.4. The molecule has 0 amide bonds. The molecular formula is C15H24O2. The molecule has 0 fully saturated rings. The lowest BCUT2D eigenvalue weighted by Crippen LogP contribution is -2.20. The van der Waals surface area contributed by atoms with E-state index >= 15 is 0 Å². The van der Waals surface area contributed by atoms with E-state index < -0.39 is 5.60 Å². The molecule has 0 saturated heterocycles. The fourth-order valence-electron chi connectivity index (χ4n) is 2.10. The molecule has 2 nitrogen and oxygen atoms in total. The Labute approximate surface area is 105 Å². The van der Waals surface area contributed by atoms with Crippen molar-refractivity contribution in [2.75, 3.05) is 7.11 Å². The molecule has 0 saturated carbocycles. The zero-order valence-electron chi connectivity index (χ0n) is 12.0. The van der Waals surface area contributed by atoms with E-state index in [0.717, 1.165) is 22.4 Å². The average Bonchev–Trinajstić information content (AvgIpc) is 2.13. The fourth-order valence-corrected chi connectivity index (χ4v) is 2.10. The van der Waals surface area contributed by atoms with Crippen molar-refractivity contribution in [3.05, 3.63) is 28.8 Å². The summed E-state index contributed by atoms with van der Waals surface area (Å²) in [7, 11) is 1.69. The molecule has 0 aliphatic carbocycles. The molecule has 96 valence electrons.